The highest BCUT2D eigenvalue weighted by Gasteiger charge is 2.37. The van der Waals surface area contributed by atoms with Crippen molar-refractivity contribution in [2.75, 3.05) is 13.1 Å². The number of nitrogens with zero attached hydrogens (tertiary/aromatic N) is 2. The number of rotatable bonds is 7. The molecule has 0 aromatic carbocycles. The van der Waals surface area contributed by atoms with Gasteiger partial charge in [0.25, 0.3) is 15.9 Å². The summed E-state index contributed by atoms with van der Waals surface area (Å²) in [6, 6.07) is 6.86. The highest BCUT2D eigenvalue weighted by molar-refractivity contribution is 7.89. The number of amides is 2. The number of ketones is 1. The lowest BCUT2D eigenvalue weighted by molar-refractivity contribution is -0.129. The van der Waals surface area contributed by atoms with Gasteiger partial charge in [0.05, 0.1) is 17.5 Å². The van der Waals surface area contributed by atoms with E-state index in [0.29, 0.717) is 17.7 Å². The molecule has 0 radical (unpaired) electrons. The van der Waals surface area contributed by atoms with Crippen LogP contribution in [0.2, 0.25) is 0 Å². The molecule has 4 heterocycles. The van der Waals surface area contributed by atoms with E-state index in [9.17, 15) is 22.8 Å². The number of hydrogen-bond acceptors (Lipinski definition) is 8. The maximum atomic E-state index is 13.5. The van der Waals surface area contributed by atoms with E-state index >= 15 is 0 Å². The standard InChI is InChI=1S/C26H30N4O5S3/c31-19-16-30(38(34,35)23-10-4-5-12-27-23)13-6-9-18(19)28-26(33)24(17-7-2-1-3-8-17)29-25(32)22-15-21-20(37-22)11-14-36-21/h4-5,10-12,14-15,17-18,24H,1-3,6-9,13,16H2,(H,28,33)(H,29,32)/t18?,24-/m0/s1. The molecule has 1 saturated carbocycles. The van der Waals surface area contributed by atoms with Crippen LogP contribution in [0.5, 0.6) is 0 Å². The van der Waals surface area contributed by atoms with Gasteiger partial charge < -0.3 is 10.6 Å². The lowest BCUT2D eigenvalue weighted by Gasteiger charge is -2.31. The van der Waals surface area contributed by atoms with E-state index in [1.807, 2.05) is 17.5 Å². The van der Waals surface area contributed by atoms with Gasteiger partial charge in [0.1, 0.15) is 6.04 Å². The second-order valence-corrected chi connectivity index (χ2v) is 13.7. The SMILES string of the molecule is O=C(N[C@H](C(=O)NC1CCCN(S(=O)(=O)c2ccccn2)CC1=O)C1CCCCC1)c1cc2sccc2s1. The number of Topliss-reactive ketones (excluding diaryl/α,β-unsaturated/α-hetero) is 1. The van der Waals surface area contributed by atoms with Crippen LogP contribution >= 0.6 is 22.7 Å². The average Bonchev–Trinajstić information content (AvgIpc) is 3.49. The third kappa shape index (κ3) is 5.83. The third-order valence-electron chi connectivity index (χ3n) is 7.23. The van der Waals surface area contributed by atoms with E-state index in [1.165, 1.54) is 23.6 Å². The fraction of sp³-hybridized carbons (Fsp3) is 0.462. The van der Waals surface area contributed by atoms with Gasteiger partial charge in [-0.15, -0.1) is 22.7 Å². The minimum absolute atomic E-state index is 0.0179. The molecular weight excluding hydrogens is 545 g/mol. The van der Waals surface area contributed by atoms with Crippen molar-refractivity contribution in [2.24, 2.45) is 5.92 Å². The molecule has 9 nitrogen and oxygen atoms in total. The molecule has 1 aliphatic heterocycles. The zero-order valence-corrected chi connectivity index (χ0v) is 23.2. The third-order valence-corrected chi connectivity index (χ3v) is 11.1. The number of pyridine rings is 1. The first kappa shape index (κ1) is 26.9. The van der Waals surface area contributed by atoms with Crippen molar-refractivity contribution in [1.29, 1.82) is 0 Å². The van der Waals surface area contributed by atoms with Gasteiger partial charge in [-0.25, -0.2) is 13.4 Å². The predicted octanol–water partition coefficient (Wildman–Crippen LogP) is 3.58. The Labute approximate surface area is 229 Å². The van der Waals surface area contributed by atoms with Gasteiger partial charge in [0.15, 0.2) is 10.8 Å². The van der Waals surface area contributed by atoms with Crippen LogP contribution in [0.15, 0.2) is 46.9 Å². The zero-order valence-electron chi connectivity index (χ0n) is 20.8. The summed E-state index contributed by atoms with van der Waals surface area (Å²) < 4.78 is 29.2. The Bertz CT molecular complexity index is 1380. The second kappa shape index (κ2) is 11.6. The Balaban J connectivity index is 1.29. The van der Waals surface area contributed by atoms with Crippen LogP contribution in [-0.2, 0) is 19.6 Å². The Hall–Kier alpha value is -2.67. The lowest BCUT2D eigenvalue weighted by Crippen LogP contribution is -2.55. The molecule has 2 fully saturated rings. The summed E-state index contributed by atoms with van der Waals surface area (Å²) in [4.78, 5) is 44.3. The second-order valence-electron chi connectivity index (χ2n) is 9.79. The molecule has 2 amide bonds. The van der Waals surface area contributed by atoms with Crippen molar-refractivity contribution in [3.8, 4) is 0 Å². The van der Waals surface area contributed by atoms with E-state index in [0.717, 1.165) is 45.8 Å². The first-order valence-corrected chi connectivity index (χ1v) is 16.0. The molecular formula is C26H30N4O5S3. The van der Waals surface area contributed by atoms with E-state index in [2.05, 4.69) is 15.6 Å². The normalized spacial score (nSPS) is 20.6. The Morgan fingerprint density at radius 2 is 1.87 bits per heavy atom. The van der Waals surface area contributed by atoms with Gasteiger partial charge in [0, 0.05) is 22.1 Å². The van der Waals surface area contributed by atoms with Crippen molar-refractivity contribution >= 4 is 59.7 Å². The van der Waals surface area contributed by atoms with Crippen LogP contribution in [0, 0.1) is 5.92 Å². The van der Waals surface area contributed by atoms with E-state index < -0.39 is 22.1 Å². The van der Waals surface area contributed by atoms with Crippen LogP contribution in [0.3, 0.4) is 0 Å². The smallest absolute Gasteiger partial charge is 0.262 e. The topological polar surface area (TPSA) is 126 Å². The van der Waals surface area contributed by atoms with Gasteiger partial charge in [-0.2, -0.15) is 4.31 Å². The van der Waals surface area contributed by atoms with Gasteiger partial charge in [0.2, 0.25) is 5.91 Å². The summed E-state index contributed by atoms with van der Waals surface area (Å²) in [5, 5.41) is 7.70. The number of carbonyl (C=O) groups is 3. The summed E-state index contributed by atoms with van der Waals surface area (Å²) in [6.07, 6.45) is 6.86. The quantitative estimate of drug-likeness (QED) is 0.444. The largest absolute Gasteiger partial charge is 0.344 e. The highest BCUT2D eigenvalue weighted by Crippen LogP contribution is 2.31. The number of thiophene rings is 2. The van der Waals surface area contributed by atoms with Crippen LogP contribution in [0.1, 0.15) is 54.6 Å². The minimum atomic E-state index is -3.92. The van der Waals surface area contributed by atoms with Crippen molar-refractivity contribution in [2.45, 2.75) is 62.1 Å². The van der Waals surface area contributed by atoms with Crippen molar-refractivity contribution in [3.05, 3.63) is 46.8 Å². The summed E-state index contributed by atoms with van der Waals surface area (Å²) in [5.74, 6) is -1.06. The van der Waals surface area contributed by atoms with Crippen LogP contribution in [0.4, 0.5) is 0 Å². The average molecular weight is 575 g/mol. The molecule has 3 aromatic rings. The maximum Gasteiger partial charge on any atom is 0.262 e. The molecule has 1 aliphatic carbocycles. The molecule has 1 unspecified atom stereocenters. The summed E-state index contributed by atoms with van der Waals surface area (Å²) in [5.41, 5.74) is 0. The van der Waals surface area contributed by atoms with Gasteiger partial charge in [-0.3, -0.25) is 14.4 Å². The van der Waals surface area contributed by atoms with Crippen LogP contribution in [0.25, 0.3) is 9.40 Å². The van der Waals surface area contributed by atoms with Crippen molar-refractivity contribution < 1.29 is 22.8 Å². The zero-order chi connectivity index (χ0) is 26.7. The number of carbonyl (C=O) groups excluding carboxylic acids is 3. The number of sulfonamides is 1. The van der Waals surface area contributed by atoms with Crippen molar-refractivity contribution in [1.82, 2.24) is 19.9 Å². The molecule has 38 heavy (non-hydrogen) atoms. The van der Waals surface area contributed by atoms with Gasteiger partial charge in [-0.05, 0) is 61.2 Å². The van der Waals surface area contributed by atoms with E-state index in [-0.39, 0.29) is 41.6 Å². The Kier molecular flexibility index (Phi) is 8.22. The van der Waals surface area contributed by atoms with Crippen LogP contribution in [-0.4, -0.2) is 60.5 Å². The molecule has 0 spiro atoms. The molecule has 3 aromatic heterocycles. The molecule has 2 atom stereocenters. The fourth-order valence-electron chi connectivity index (χ4n) is 5.20. The minimum Gasteiger partial charge on any atom is -0.344 e. The van der Waals surface area contributed by atoms with Crippen LogP contribution < -0.4 is 10.6 Å². The number of nitrogens with one attached hydrogen (secondary N) is 2. The monoisotopic (exact) mass is 574 g/mol. The molecule has 12 heteroatoms. The lowest BCUT2D eigenvalue weighted by atomic mass is 9.83. The maximum absolute atomic E-state index is 13.5. The highest BCUT2D eigenvalue weighted by atomic mass is 32.2. The summed E-state index contributed by atoms with van der Waals surface area (Å²) in [7, 11) is -3.92. The number of fused-ring (bicyclic) bond motifs is 1. The Morgan fingerprint density at radius 3 is 2.61 bits per heavy atom. The van der Waals surface area contributed by atoms with Gasteiger partial charge in [-0.1, -0.05) is 25.3 Å². The predicted molar refractivity (Wildman–Crippen MR) is 147 cm³/mol. The molecule has 0 bridgehead atoms. The Morgan fingerprint density at radius 1 is 1.05 bits per heavy atom. The molecule has 5 rings (SSSR count). The fourth-order valence-corrected chi connectivity index (χ4v) is 8.59. The molecule has 2 N–H and O–H groups in total. The summed E-state index contributed by atoms with van der Waals surface area (Å²) >= 11 is 2.96. The molecule has 1 saturated heterocycles. The number of aromatic nitrogens is 1. The molecule has 2 aliphatic rings. The van der Waals surface area contributed by atoms with E-state index in [4.69, 9.17) is 0 Å². The molecule has 202 valence electrons. The van der Waals surface area contributed by atoms with Crippen molar-refractivity contribution in [3.63, 3.8) is 0 Å². The first-order chi connectivity index (χ1) is 18.3. The first-order valence-electron chi connectivity index (χ1n) is 12.8. The van der Waals surface area contributed by atoms with Gasteiger partial charge >= 0.3 is 0 Å². The summed E-state index contributed by atoms with van der Waals surface area (Å²) in [6.45, 7) is -0.175. The number of hydrogen-bond donors (Lipinski definition) is 2. The van der Waals surface area contributed by atoms with E-state index in [1.54, 1.807) is 23.5 Å².